The minimum Gasteiger partial charge on any atom is -0.339 e. The van der Waals surface area contributed by atoms with Crippen LogP contribution in [0.3, 0.4) is 0 Å². The first-order valence-electron chi connectivity index (χ1n) is 8.24. The van der Waals surface area contributed by atoms with Crippen molar-refractivity contribution < 1.29 is 4.79 Å². The molecule has 0 spiro atoms. The van der Waals surface area contributed by atoms with Gasteiger partial charge in [-0.2, -0.15) is 0 Å². The van der Waals surface area contributed by atoms with E-state index in [1.165, 1.54) is 38.5 Å². The highest BCUT2D eigenvalue weighted by molar-refractivity contribution is 5.83. The lowest BCUT2D eigenvalue weighted by Crippen LogP contribution is -2.47. The number of nitrogens with two attached hydrogens (primary N) is 1. The van der Waals surface area contributed by atoms with E-state index in [0.717, 1.165) is 32.2 Å². The third-order valence-corrected chi connectivity index (χ3v) is 5.32. The molecule has 0 aromatic carbocycles. The fourth-order valence-corrected chi connectivity index (χ4v) is 4.00. The standard InChI is InChI=1S/C16H30N2O/c1-2-16(10-5-6-11-16)15(19)18(13-7-12-17)14-8-3-4-9-14/h14H,2-13,17H2,1H3. The van der Waals surface area contributed by atoms with Gasteiger partial charge in [-0.1, -0.05) is 32.6 Å². The van der Waals surface area contributed by atoms with Crippen molar-refractivity contribution in [1.82, 2.24) is 4.90 Å². The molecule has 0 saturated heterocycles. The quantitative estimate of drug-likeness (QED) is 0.803. The summed E-state index contributed by atoms with van der Waals surface area (Å²) in [7, 11) is 0. The lowest BCUT2D eigenvalue weighted by atomic mass is 9.81. The molecule has 19 heavy (non-hydrogen) atoms. The van der Waals surface area contributed by atoms with Crippen LogP contribution in [-0.4, -0.2) is 29.9 Å². The molecule has 2 N–H and O–H groups in total. The first-order chi connectivity index (χ1) is 9.23. The van der Waals surface area contributed by atoms with E-state index >= 15 is 0 Å². The Hall–Kier alpha value is -0.570. The molecule has 2 fully saturated rings. The van der Waals surface area contributed by atoms with Crippen LogP contribution in [0.4, 0.5) is 0 Å². The minimum atomic E-state index is -0.0306. The lowest BCUT2D eigenvalue weighted by molar-refractivity contribution is -0.144. The number of nitrogens with zero attached hydrogens (tertiary/aromatic N) is 1. The summed E-state index contributed by atoms with van der Waals surface area (Å²) in [5, 5.41) is 0. The van der Waals surface area contributed by atoms with Crippen LogP contribution in [0.25, 0.3) is 0 Å². The molecule has 0 heterocycles. The maximum Gasteiger partial charge on any atom is 0.229 e. The number of rotatable bonds is 6. The van der Waals surface area contributed by atoms with Crippen molar-refractivity contribution in [2.45, 2.75) is 77.2 Å². The van der Waals surface area contributed by atoms with Crippen molar-refractivity contribution in [1.29, 1.82) is 0 Å². The summed E-state index contributed by atoms with van der Waals surface area (Å²) in [6.45, 7) is 3.76. The highest BCUT2D eigenvalue weighted by Crippen LogP contribution is 2.43. The minimum absolute atomic E-state index is 0.0306. The van der Waals surface area contributed by atoms with Gasteiger partial charge in [0.05, 0.1) is 0 Å². The Morgan fingerprint density at radius 1 is 1.21 bits per heavy atom. The molecular formula is C16H30N2O. The van der Waals surface area contributed by atoms with E-state index in [0.29, 0.717) is 18.5 Å². The van der Waals surface area contributed by atoms with Crippen molar-refractivity contribution >= 4 is 5.91 Å². The van der Waals surface area contributed by atoms with Gasteiger partial charge in [-0.3, -0.25) is 4.79 Å². The third-order valence-electron chi connectivity index (χ3n) is 5.32. The van der Waals surface area contributed by atoms with Gasteiger partial charge in [0.2, 0.25) is 5.91 Å². The smallest absolute Gasteiger partial charge is 0.229 e. The first kappa shape index (κ1) is 14.8. The lowest BCUT2D eigenvalue weighted by Gasteiger charge is -2.37. The van der Waals surface area contributed by atoms with Crippen molar-refractivity contribution in [2.24, 2.45) is 11.1 Å². The van der Waals surface area contributed by atoms with Gasteiger partial charge in [0, 0.05) is 18.0 Å². The molecule has 0 atom stereocenters. The third kappa shape index (κ3) is 3.13. The van der Waals surface area contributed by atoms with Crippen LogP contribution in [0, 0.1) is 5.41 Å². The van der Waals surface area contributed by atoms with Gasteiger partial charge < -0.3 is 10.6 Å². The van der Waals surface area contributed by atoms with Crippen molar-refractivity contribution in [2.75, 3.05) is 13.1 Å². The Kier molecular flexibility index (Phi) is 5.26. The molecule has 0 aromatic heterocycles. The van der Waals surface area contributed by atoms with Gasteiger partial charge in [-0.05, 0) is 45.1 Å². The second kappa shape index (κ2) is 6.74. The summed E-state index contributed by atoms with van der Waals surface area (Å²) in [5.74, 6) is 0.452. The molecule has 2 aliphatic rings. The van der Waals surface area contributed by atoms with Gasteiger partial charge in [-0.25, -0.2) is 0 Å². The van der Waals surface area contributed by atoms with Gasteiger partial charge in [0.25, 0.3) is 0 Å². The monoisotopic (exact) mass is 266 g/mol. The van der Waals surface area contributed by atoms with E-state index in [1.54, 1.807) is 0 Å². The first-order valence-corrected chi connectivity index (χ1v) is 8.24. The summed E-state index contributed by atoms with van der Waals surface area (Å²) in [5.41, 5.74) is 5.63. The van der Waals surface area contributed by atoms with Crippen molar-refractivity contribution in [3.8, 4) is 0 Å². The summed E-state index contributed by atoms with van der Waals surface area (Å²) >= 11 is 0. The topological polar surface area (TPSA) is 46.3 Å². The number of carbonyl (C=O) groups is 1. The fourth-order valence-electron chi connectivity index (χ4n) is 4.00. The molecule has 110 valence electrons. The molecule has 3 nitrogen and oxygen atoms in total. The van der Waals surface area contributed by atoms with Crippen LogP contribution in [0.5, 0.6) is 0 Å². The van der Waals surface area contributed by atoms with Crippen molar-refractivity contribution in [3.63, 3.8) is 0 Å². The summed E-state index contributed by atoms with van der Waals surface area (Å²) in [6.07, 6.45) is 11.6. The largest absolute Gasteiger partial charge is 0.339 e. The maximum absolute atomic E-state index is 13.1. The van der Waals surface area contributed by atoms with E-state index < -0.39 is 0 Å². The van der Waals surface area contributed by atoms with Crippen LogP contribution in [0.2, 0.25) is 0 Å². The average molecular weight is 266 g/mol. The molecular weight excluding hydrogens is 236 g/mol. The Morgan fingerprint density at radius 2 is 1.84 bits per heavy atom. The van der Waals surface area contributed by atoms with E-state index in [4.69, 9.17) is 5.73 Å². The Morgan fingerprint density at radius 3 is 2.37 bits per heavy atom. The predicted octanol–water partition coefficient (Wildman–Crippen LogP) is 3.08. The second-order valence-corrected chi connectivity index (χ2v) is 6.42. The van der Waals surface area contributed by atoms with E-state index in [2.05, 4.69) is 11.8 Å². The summed E-state index contributed by atoms with van der Waals surface area (Å²) in [4.78, 5) is 15.3. The van der Waals surface area contributed by atoms with Crippen molar-refractivity contribution in [3.05, 3.63) is 0 Å². The zero-order valence-electron chi connectivity index (χ0n) is 12.5. The molecule has 0 aliphatic heterocycles. The Balaban J connectivity index is 2.09. The SMILES string of the molecule is CCC1(C(=O)N(CCCN)C2CCCC2)CCCC1. The van der Waals surface area contributed by atoms with E-state index in [1.807, 2.05) is 0 Å². The van der Waals surface area contributed by atoms with Gasteiger partial charge in [0.15, 0.2) is 0 Å². The number of amides is 1. The average Bonchev–Trinajstić information content (AvgIpc) is 3.11. The van der Waals surface area contributed by atoms with E-state index in [-0.39, 0.29) is 5.41 Å². The zero-order chi connectivity index (χ0) is 13.7. The highest BCUT2D eigenvalue weighted by Gasteiger charge is 2.43. The molecule has 0 radical (unpaired) electrons. The van der Waals surface area contributed by atoms with Gasteiger partial charge in [0.1, 0.15) is 0 Å². The van der Waals surface area contributed by atoms with Crippen LogP contribution >= 0.6 is 0 Å². The molecule has 0 unspecified atom stereocenters. The summed E-state index contributed by atoms with van der Waals surface area (Å²) < 4.78 is 0. The number of carbonyl (C=O) groups excluding carboxylic acids is 1. The van der Waals surface area contributed by atoms with Gasteiger partial charge in [-0.15, -0.1) is 0 Å². The van der Waals surface area contributed by atoms with E-state index in [9.17, 15) is 4.79 Å². The maximum atomic E-state index is 13.1. The molecule has 2 saturated carbocycles. The highest BCUT2D eigenvalue weighted by atomic mass is 16.2. The zero-order valence-corrected chi connectivity index (χ0v) is 12.5. The Labute approximate surface area is 117 Å². The molecule has 0 bridgehead atoms. The molecule has 2 rings (SSSR count). The Bertz CT molecular complexity index is 291. The second-order valence-electron chi connectivity index (χ2n) is 6.42. The van der Waals surface area contributed by atoms with Crippen LogP contribution in [-0.2, 0) is 4.79 Å². The summed E-state index contributed by atoms with van der Waals surface area (Å²) in [6, 6.07) is 0.503. The molecule has 0 aromatic rings. The molecule has 2 aliphatic carbocycles. The molecule has 1 amide bonds. The number of hydrogen-bond acceptors (Lipinski definition) is 2. The van der Waals surface area contributed by atoms with Crippen LogP contribution in [0.1, 0.15) is 71.1 Å². The predicted molar refractivity (Wildman–Crippen MR) is 78.8 cm³/mol. The molecule has 3 heteroatoms. The van der Waals surface area contributed by atoms with Gasteiger partial charge >= 0.3 is 0 Å². The fraction of sp³-hybridized carbons (Fsp3) is 0.938. The van der Waals surface area contributed by atoms with Crippen LogP contribution in [0.15, 0.2) is 0 Å². The van der Waals surface area contributed by atoms with Crippen LogP contribution < -0.4 is 5.73 Å². The number of hydrogen-bond donors (Lipinski definition) is 1. The normalized spacial score (nSPS) is 22.8.